The highest BCUT2D eigenvalue weighted by Gasteiger charge is 2.23. The first-order valence-electron chi connectivity index (χ1n) is 6.23. The minimum Gasteiger partial charge on any atom is -0.379 e. The van der Waals surface area contributed by atoms with Gasteiger partial charge in [0.15, 0.2) is 0 Å². The molecule has 1 aromatic carbocycles. The topological polar surface area (TPSA) is 29.5 Å². The molecule has 98 valence electrons. The van der Waals surface area contributed by atoms with Crippen molar-refractivity contribution >= 4 is 5.78 Å². The average molecular weight is 251 g/mol. The minimum absolute atomic E-state index is 0.0343. The van der Waals surface area contributed by atoms with E-state index in [1.165, 1.54) is 12.1 Å². The largest absolute Gasteiger partial charge is 0.379 e. The van der Waals surface area contributed by atoms with E-state index >= 15 is 0 Å². The van der Waals surface area contributed by atoms with Crippen molar-refractivity contribution in [2.45, 2.75) is 19.4 Å². The van der Waals surface area contributed by atoms with Gasteiger partial charge in [-0.1, -0.05) is 12.1 Å². The summed E-state index contributed by atoms with van der Waals surface area (Å²) >= 11 is 0. The van der Waals surface area contributed by atoms with Crippen molar-refractivity contribution < 1.29 is 13.9 Å². The first-order valence-corrected chi connectivity index (χ1v) is 6.23. The average Bonchev–Trinajstić information content (AvgIpc) is 2.38. The number of halogens is 1. The van der Waals surface area contributed by atoms with Crippen LogP contribution in [0.15, 0.2) is 24.3 Å². The Kier molecular flexibility index (Phi) is 4.44. The molecule has 1 aliphatic rings. The van der Waals surface area contributed by atoms with Crippen LogP contribution >= 0.6 is 0 Å². The molecule has 1 saturated heterocycles. The van der Waals surface area contributed by atoms with E-state index in [2.05, 4.69) is 4.90 Å². The molecule has 1 aromatic rings. The molecule has 0 saturated carbocycles. The van der Waals surface area contributed by atoms with Gasteiger partial charge in [-0.25, -0.2) is 4.39 Å². The van der Waals surface area contributed by atoms with Gasteiger partial charge < -0.3 is 4.74 Å². The molecule has 1 heterocycles. The fraction of sp³-hybridized carbons (Fsp3) is 0.500. The number of rotatable bonds is 4. The lowest BCUT2D eigenvalue weighted by Crippen LogP contribution is -2.39. The zero-order chi connectivity index (χ0) is 13.0. The number of ketones is 1. The van der Waals surface area contributed by atoms with E-state index < -0.39 is 0 Å². The van der Waals surface area contributed by atoms with Gasteiger partial charge in [-0.3, -0.25) is 9.69 Å². The van der Waals surface area contributed by atoms with Gasteiger partial charge in [0.05, 0.1) is 13.2 Å². The Morgan fingerprint density at radius 3 is 2.50 bits per heavy atom. The highest BCUT2D eigenvalue weighted by atomic mass is 19.1. The third-order valence-electron chi connectivity index (χ3n) is 3.22. The number of hydrogen-bond donors (Lipinski definition) is 0. The normalized spacial score (nSPS) is 18.6. The van der Waals surface area contributed by atoms with Crippen molar-refractivity contribution in [1.29, 1.82) is 0 Å². The number of Topliss-reactive ketones (excluding diaryl/α,β-unsaturated/α-hetero) is 1. The van der Waals surface area contributed by atoms with Crippen LogP contribution < -0.4 is 0 Å². The monoisotopic (exact) mass is 251 g/mol. The maximum absolute atomic E-state index is 13.0. The number of carbonyl (C=O) groups is 1. The molecule has 18 heavy (non-hydrogen) atoms. The van der Waals surface area contributed by atoms with Crippen LogP contribution in [-0.2, 0) is 9.53 Å². The number of ether oxygens (including phenoxy) is 1. The van der Waals surface area contributed by atoms with E-state index in [4.69, 9.17) is 4.74 Å². The fourth-order valence-electron chi connectivity index (χ4n) is 2.30. The second kappa shape index (κ2) is 6.07. The molecule has 0 radical (unpaired) electrons. The van der Waals surface area contributed by atoms with Crippen LogP contribution in [0, 0.1) is 5.82 Å². The zero-order valence-electron chi connectivity index (χ0n) is 10.6. The van der Waals surface area contributed by atoms with Crippen molar-refractivity contribution in [2.24, 2.45) is 0 Å². The Balaban J connectivity index is 2.17. The first-order chi connectivity index (χ1) is 8.66. The smallest absolute Gasteiger partial charge is 0.131 e. The summed E-state index contributed by atoms with van der Waals surface area (Å²) < 4.78 is 18.3. The Labute approximate surface area is 107 Å². The molecule has 1 atom stereocenters. The lowest BCUT2D eigenvalue weighted by atomic mass is 9.99. The van der Waals surface area contributed by atoms with E-state index in [1.54, 1.807) is 19.1 Å². The van der Waals surface area contributed by atoms with Crippen molar-refractivity contribution in [2.75, 3.05) is 26.3 Å². The van der Waals surface area contributed by atoms with Crippen LogP contribution in [0.4, 0.5) is 4.39 Å². The molecule has 0 amide bonds. The van der Waals surface area contributed by atoms with Crippen LogP contribution in [0.25, 0.3) is 0 Å². The van der Waals surface area contributed by atoms with Gasteiger partial charge in [-0.2, -0.15) is 0 Å². The predicted octanol–water partition coefficient (Wildman–Crippen LogP) is 2.18. The van der Waals surface area contributed by atoms with Crippen molar-refractivity contribution in [1.82, 2.24) is 4.90 Å². The molecule has 0 aliphatic carbocycles. The summed E-state index contributed by atoms with van der Waals surface area (Å²) in [5, 5.41) is 0. The highest BCUT2D eigenvalue weighted by molar-refractivity contribution is 5.76. The summed E-state index contributed by atoms with van der Waals surface area (Å²) in [6, 6.07) is 6.45. The number of morpholine rings is 1. The summed E-state index contributed by atoms with van der Waals surface area (Å²) in [6.45, 7) is 4.60. The standard InChI is InChI=1S/C14H18FNO2/c1-11(17)10-14(16-6-8-18-9-7-16)12-2-4-13(15)5-3-12/h2-5,14H,6-10H2,1H3. The maximum atomic E-state index is 13.0. The van der Waals surface area contributed by atoms with Crippen LogP contribution in [0.1, 0.15) is 24.9 Å². The van der Waals surface area contributed by atoms with Gasteiger partial charge >= 0.3 is 0 Å². The molecule has 1 fully saturated rings. The van der Waals surface area contributed by atoms with Gasteiger partial charge in [0.25, 0.3) is 0 Å². The van der Waals surface area contributed by atoms with Crippen LogP contribution in [0.2, 0.25) is 0 Å². The summed E-state index contributed by atoms with van der Waals surface area (Å²) in [7, 11) is 0. The minimum atomic E-state index is -0.248. The molecule has 0 N–H and O–H groups in total. The third-order valence-corrected chi connectivity index (χ3v) is 3.22. The molecule has 0 aromatic heterocycles. The highest BCUT2D eigenvalue weighted by Crippen LogP contribution is 2.25. The zero-order valence-corrected chi connectivity index (χ0v) is 10.6. The SMILES string of the molecule is CC(=O)CC(c1ccc(F)cc1)N1CCOCC1. The first kappa shape index (κ1) is 13.2. The molecule has 0 bridgehead atoms. The number of nitrogens with zero attached hydrogens (tertiary/aromatic N) is 1. The molecule has 1 unspecified atom stereocenters. The van der Waals surface area contributed by atoms with Crippen molar-refractivity contribution in [3.8, 4) is 0 Å². The van der Waals surface area contributed by atoms with E-state index in [1.807, 2.05) is 0 Å². The number of benzene rings is 1. The molecule has 3 nitrogen and oxygen atoms in total. The van der Waals surface area contributed by atoms with Crippen molar-refractivity contribution in [3.63, 3.8) is 0 Å². The van der Waals surface area contributed by atoms with E-state index in [-0.39, 0.29) is 17.6 Å². The Bertz CT molecular complexity index is 399. The number of hydrogen-bond acceptors (Lipinski definition) is 3. The van der Waals surface area contributed by atoms with E-state index in [9.17, 15) is 9.18 Å². The second-order valence-corrected chi connectivity index (χ2v) is 4.62. The van der Waals surface area contributed by atoms with Gasteiger partial charge in [-0.15, -0.1) is 0 Å². The van der Waals surface area contributed by atoms with Crippen LogP contribution in [-0.4, -0.2) is 37.0 Å². The Hall–Kier alpha value is -1.26. The second-order valence-electron chi connectivity index (χ2n) is 4.62. The molecule has 2 rings (SSSR count). The van der Waals surface area contributed by atoms with Gasteiger partial charge in [0.2, 0.25) is 0 Å². The maximum Gasteiger partial charge on any atom is 0.131 e. The van der Waals surface area contributed by atoms with Gasteiger partial charge in [0, 0.05) is 25.6 Å². The fourth-order valence-corrected chi connectivity index (χ4v) is 2.30. The quantitative estimate of drug-likeness (QED) is 0.821. The summed E-state index contributed by atoms with van der Waals surface area (Å²) in [5.41, 5.74) is 0.994. The van der Waals surface area contributed by atoms with Gasteiger partial charge in [-0.05, 0) is 24.6 Å². The summed E-state index contributed by atoms with van der Waals surface area (Å²) in [4.78, 5) is 13.6. The van der Waals surface area contributed by atoms with E-state index in [0.717, 1.165) is 18.7 Å². The Morgan fingerprint density at radius 2 is 1.94 bits per heavy atom. The lowest BCUT2D eigenvalue weighted by molar-refractivity contribution is -0.118. The number of carbonyl (C=O) groups excluding carboxylic acids is 1. The van der Waals surface area contributed by atoms with Crippen LogP contribution in [0.5, 0.6) is 0 Å². The molecular weight excluding hydrogens is 233 g/mol. The van der Waals surface area contributed by atoms with E-state index in [0.29, 0.717) is 19.6 Å². The van der Waals surface area contributed by atoms with Crippen LogP contribution in [0.3, 0.4) is 0 Å². The summed E-state index contributed by atoms with van der Waals surface area (Å²) in [5.74, 6) is -0.0990. The lowest BCUT2D eigenvalue weighted by Gasteiger charge is -2.34. The Morgan fingerprint density at radius 1 is 1.33 bits per heavy atom. The molecular formula is C14H18FNO2. The van der Waals surface area contributed by atoms with Crippen molar-refractivity contribution in [3.05, 3.63) is 35.6 Å². The summed E-state index contributed by atoms with van der Waals surface area (Å²) in [6.07, 6.45) is 0.464. The third kappa shape index (κ3) is 3.37. The predicted molar refractivity (Wildman–Crippen MR) is 66.8 cm³/mol. The molecule has 0 spiro atoms. The molecule has 1 aliphatic heterocycles. The van der Waals surface area contributed by atoms with Gasteiger partial charge in [0.1, 0.15) is 11.6 Å². The molecule has 4 heteroatoms.